The monoisotopic (exact) mass is 339 g/mol. The molecule has 1 aliphatic carbocycles. The highest BCUT2D eigenvalue weighted by atomic mass is 16.2. The maximum Gasteiger partial charge on any atom is 0.231 e. The summed E-state index contributed by atoms with van der Waals surface area (Å²) in [5.74, 6) is 0.279. The van der Waals surface area contributed by atoms with Crippen molar-refractivity contribution in [3.05, 3.63) is 102 Å². The SMILES string of the molecule is O=C([C@H]1CC1(c1ccccc1)c1ccccc1)N1CCc2ccccc21. The summed E-state index contributed by atoms with van der Waals surface area (Å²) in [6, 6.07) is 29.3. The first-order valence-electron chi connectivity index (χ1n) is 9.31. The summed E-state index contributed by atoms with van der Waals surface area (Å²) in [4.78, 5) is 15.5. The normalized spacial score (nSPS) is 19.8. The second-order valence-electron chi connectivity index (χ2n) is 7.33. The number of amides is 1. The van der Waals surface area contributed by atoms with Crippen molar-refractivity contribution in [2.45, 2.75) is 18.3 Å². The largest absolute Gasteiger partial charge is 0.312 e. The molecule has 1 amide bonds. The molecule has 2 nitrogen and oxygen atoms in total. The molecule has 5 rings (SSSR count). The molecule has 0 N–H and O–H groups in total. The zero-order valence-corrected chi connectivity index (χ0v) is 14.6. The first kappa shape index (κ1) is 15.4. The van der Waals surface area contributed by atoms with Gasteiger partial charge in [0, 0.05) is 17.6 Å². The van der Waals surface area contributed by atoms with Gasteiger partial charge in [-0.1, -0.05) is 78.9 Å². The van der Waals surface area contributed by atoms with Gasteiger partial charge in [-0.3, -0.25) is 4.79 Å². The van der Waals surface area contributed by atoms with Crippen molar-refractivity contribution in [2.24, 2.45) is 5.92 Å². The third-order valence-electron chi connectivity index (χ3n) is 5.99. The lowest BCUT2D eigenvalue weighted by Gasteiger charge is -2.22. The van der Waals surface area contributed by atoms with Gasteiger partial charge in [-0.05, 0) is 35.6 Å². The average molecular weight is 339 g/mol. The fourth-order valence-electron chi connectivity index (χ4n) is 4.59. The second kappa shape index (κ2) is 5.84. The second-order valence-corrected chi connectivity index (χ2v) is 7.33. The number of carbonyl (C=O) groups is 1. The fourth-order valence-corrected chi connectivity index (χ4v) is 4.59. The highest BCUT2D eigenvalue weighted by molar-refractivity contribution is 6.00. The molecule has 0 bridgehead atoms. The van der Waals surface area contributed by atoms with Crippen LogP contribution in [0.3, 0.4) is 0 Å². The number of hydrogen-bond donors (Lipinski definition) is 0. The Morgan fingerprint density at radius 1 is 0.808 bits per heavy atom. The van der Waals surface area contributed by atoms with Gasteiger partial charge < -0.3 is 4.90 Å². The van der Waals surface area contributed by atoms with E-state index in [1.807, 2.05) is 23.1 Å². The van der Waals surface area contributed by atoms with Crippen LogP contribution in [-0.4, -0.2) is 12.5 Å². The maximum atomic E-state index is 13.5. The third kappa shape index (κ3) is 2.22. The van der Waals surface area contributed by atoms with Crippen molar-refractivity contribution in [1.29, 1.82) is 0 Å². The molecule has 3 aromatic rings. The predicted octanol–water partition coefficient (Wildman–Crippen LogP) is 4.58. The maximum absolute atomic E-state index is 13.5. The third-order valence-corrected chi connectivity index (χ3v) is 5.99. The molecule has 0 saturated heterocycles. The Morgan fingerprint density at radius 2 is 1.38 bits per heavy atom. The number of nitrogens with zero attached hydrogens (tertiary/aromatic N) is 1. The number of para-hydroxylation sites is 1. The summed E-state index contributed by atoms with van der Waals surface area (Å²) in [5, 5.41) is 0. The van der Waals surface area contributed by atoms with Gasteiger partial charge in [0.15, 0.2) is 0 Å². The molecule has 2 heteroatoms. The van der Waals surface area contributed by atoms with Gasteiger partial charge in [0.05, 0.1) is 5.92 Å². The van der Waals surface area contributed by atoms with E-state index in [1.54, 1.807) is 0 Å². The van der Waals surface area contributed by atoms with E-state index in [1.165, 1.54) is 16.7 Å². The van der Waals surface area contributed by atoms with E-state index < -0.39 is 0 Å². The Labute approximate surface area is 154 Å². The molecule has 3 aromatic carbocycles. The Hall–Kier alpha value is -2.87. The molecule has 1 saturated carbocycles. The Morgan fingerprint density at radius 3 is 2.04 bits per heavy atom. The molecule has 2 aliphatic rings. The molecule has 1 fully saturated rings. The number of fused-ring (bicyclic) bond motifs is 1. The minimum absolute atomic E-state index is 0.0125. The Balaban J connectivity index is 1.53. The summed E-state index contributed by atoms with van der Waals surface area (Å²) < 4.78 is 0. The van der Waals surface area contributed by atoms with Crippen LogP contribution in [0.15, 0.2) is 84.9 Å². The average Bonchev–Trinajstić information content (AvgIpc) is 3.34. The van der Waals surface area contributed by atoms with Crippen LogP contribution in [0.5, 0.6) is 0 Å². The lowest BCUT2D eigenvalue weighted by Crippen LogP contribution is -2.33. The Kier molecular flexibility index (Phi) is 3.46. The predicted molar refractivity (Wildman–Crippen MR) is 104 cm³/mol. The van der Waals surface area contributed by atoms with Crippen LogP contribution < -0.4 is 4.90 Å². The van der Waals surface area contributed by atoms with Gasteiger partial charge in [0.1, 0.15) is 0 Å². The number of benzene rings is 3. The number of hydrogen-bond acceptors (Lipinski definition) is 1. The lowest BCUT2D eigenvalue weighted by atomic mass is 9.85. The molecular weight excluding hydrogens is 318 g/mol. The van der Waals surface area contributed by atoms with Gasteiger partial charge in [0.25, 0.3) is 0 Å². The Bertz CT molecular complexity index is 909. The minimum atomic E-state index is -0.183. The van der Waals surface area contributed by atoms with Crippen LogP contribution in [0.25, 0.3) is 0 Å². The van der Waals surface area contributed by atoms with E-state index in [4.69, 9.17) is 0 Å². The lowest BCUT2D eigenvalue weighted by molar-refractivity contribution is -0.120. The molecule has 0 radical (unpaired) electrons. The summed E-state index contributed by atoms with van der Waals surface area (Å²) in [7, 11) is 0. The molecule has 1 aliphatic heterocycles. The molecule has 1 heterocycles. The van der Waals surface area contributed by atoms with Crippen molar-refractivity contribution in [3.8, 4) is 0 Å². The van der Waals surface area contributed by atoms with Crippen molar-refractivity contribution in [2.75, 3.05) is 11.4 Å². The van der Waals surface area contributed by atoms with E-state index in [0.29, 0.717) is 0 Å². The van der Waals surface area contributed by atoms with Crippen molar-refractivity contribution < 1.29 is 4.79 Å². The van der Waals surface area contributed by atoms with Gasteiger partial charge >= 0.3 is 0 Å². The van der Waals surface area contributed by atoms with E-state index in [0.717, 1.165) is 25.1 Å². The van der Waals surface area contributed by atoms with E-state index in [2.05, 4.69) is 66.7 Å². The highest BCUT2D eigenvalue weighted by Gasteiger charge is 2.61. The molecule has 0 aromatic heterocycles. The smallest absolute Gasteiger partial charge is 0.231 e. The highest BCUT2D eigenvalue weighted by Crippen LogP contribution is 2.59. The van der Waals surface area contributed by atoms with E-state index in [9.17, 15) is 4.79 Å². The molecule has 0 spiro atoms. The van der Waals surface area contributed by atoms with Gasteiger partial charge in [-0.25, -0.2) is 0 Å². The van der Waals surface area contributed by atoms with E-state index >= 15 is 0 Å². The van der Waals surface area contributed by atoms with Crippen LogP contribution >= 0.6 is 0 Å². The first-order chi connectivity index (χ1) is 12.8. The van der Waals surface area contributed by atoms with Gasteiger partial charge in [-0.2, -0.15) is 0 Å². The summed E-state index contributed by atoms with van der Waals surface area (Å²) >= 11 is 0. The summed E-state index contributed by atoms with van der Waals surface area (Å²) in [6.45, 7) is 0.800. The van der Waals surface area contributed by atoms with Gasteiger partial charge in [0.2, 0.25) is 5.91 Å². The van der Waals surface area contributed by atoms with Crippen LogP contribution in [-0.2, 0) is 16.6 Å². The summed E-state index contributed by atoms with van der Waals surface area (Å²) in [5.41, 5.74) is 4.69. The molecule has 26 heavy (non-hydrogen) atoms. The number of carbonyl (C=O) groups excluding carboxylic acids is 1. The van der Waals surface area contributed by atoms with Gasteiger partial charge in [-0.15, -0.1) is 0 Å². The standard InChI is InChI=1S/C24H21NO/c26-23(25-16-15-18-9-7-8-14-22(18)25)21-17-24(21,19-10-3-1-4-11-19)20-12-5-2-6-13-20/h1-14,21H,15-17H2/t21-/m1/s1. The molecule has 128 valence electrons. The molecule has 0 unspecified atom stereocenters. The minimum Gasteiger partial charge on any atom is -0.312 e. The van der Waals surface area contributed by atoms with Crippen LogP contribution in [0.2, 0.25) is 0 Å². The van der Waals surface area contributed by atoms with Crippen LogP contribution in [0, 0.1) is 5.92 Å². The van der Waals surface area contributed by atoms with Crippen molar-refractivity contribution >= 4 is 11.6 Å². The first-order valence-corrected chi connectivity index (χ1v) is 9.31. The van der Waals surface area contributed by atoms with Crippen LogP contribution in [0.4, 0.5) is 5.69 Å². The topological polar surface area (TPSA) is 20.3 Å². The number of anilines is 1. The molecule has 1 atom stereocenters. The summed E-state index contributed by atoms with van der Waals surface area (Å²) in [6.07, 6.45) is 1.84. The number of rotatable bonds is 3. The quantitative estimate of drug-likeness (QED) is 0.684. The van der Waals surface area contributed by atoms with Crippen molar-refractivity contribution in [1.82, 2.24) is 0 Å². The molecular formula is C24H21NO. The van der Waals surface area contributed by atoms with Crippen LogP contribution in [0.1, 0.15) is 23.1 Å². The zero-order chi connectivity index (χ0) is 17.6. The van der Waals surface area contributed by atoms with Crippen molar-refractivity contribution in [3.63, 3.8) is 0 Å². The fraction of sp³-hybridized carbons (Fsp3) is 0.208. The van der Waals surface area contributed by atoms with E-state index in [-0.39, 0.29) is 17.2 Å². The zero-order valence-electron chi connectivity index (χ0n) is 14.6.